The molecule has 8 nitrogen and oxygen atoms in total. The molecule has 9 heteroatoms. The summed E-state index contributed by atoms with van der Waals surface area (Å²) in [4.78, 5) is 19.4. The second-order valence-electron chi connectivity index (χ2n) is 9.46. The van der Waals surface area contributed by atoms with Crippen LogP contribution in [-0.4, -0.2) is 59.1 Å². The van der Waals surface area contributed by atoms with Crippen molar-refractivity contribution in [1.29, 1.82) is 0 Å². The molecule has 0 aliphatic carbocycles. The molecule has 0 fully saturated rings. The Morgan fingerprint density at radius 1 is 0.775 bits per heavy atom. The molecule has 1 unspecified atom stereocenters. The molecule has 0 saturated carbocycles. The Balaban J connectivity index is 0. The Morgan fingerprint density at radius 2 is 1.27 bits per heavy atom. The van der Waals surface area contributed by atoms with E-state index in [4.69, 9.17) is 14.5 Å². The summed E-state index contributed by atoms with van der Waals surface area (Å²) < 4.78 is 15.2. The van der Waals surface area contributed by atoms with Crippen LogP contribution >= 0.6 is 0 Å². The van der Waals surface area contributed by atoms with E-state index in [1.165, 1.54) is 12.1 Å². The summed E-state index contributed by atoms with van der Waals surface area (Å²) >= 11 is -0.832. The first-order valence-corrected chi connectivity index (χ1v) is 15.5. The third kappa shape index (κ3) is 25.4. The van der Waals surface area contributed by atoms with Crippen LogP contribution in [0.1, 0.15) is 65.7 Å². The average Bonchev–Trinajstić information content (AvgIpc) is 2.95. The Kier molecular flexibility index (Phi) is 28.0. The molecule has 0 heterocycles. The van der Waals surface area contributed by atoms with Crippen LogP contribution in [0.2, 0.25) is 0 Å². The van der Waals surface area contributed by atoms with Gasteiger partial charge in [-0.15, -0.1) is 0 Å². The van der Waals surface area contributed by atoms with Crippen LogP contribution in [0.25, 0.3) is 6.08 Å². The molecule has 0 N–H and O–H groups in total. The van der Waals surface area contributed by atoms with Gasteiger partial charge in [-0.2, -0.15) is 0 Å². The Hall–Kier alpha value is -1.57. The Bertz CT molecular complexity index is 807. The molecule has 232 valence electrons. The molecule has 0 radical (unpaired) electrons. The van der Waals surface area contributed by atoms with Crippen molar-refractivity contribution < 1.29 is 57.2 Å². The minimum Gasteiger partial charge on any atom is -0.331 e. The van der Waals surface area contributed by atoms with Gasteiger partial charge >= 0.3 is 65.3 Å². The number of halogens is 1. The van der Waals surface area contributed by atoms with Crippen molar-refractivity contribution in [2.24, 2.45) is 5.92 Å². The molecule has 0 aliphatic rings. The number of methoxy groups -OCH3 is 1. The summed E-state index contributed by atoms with van der Waals surface area (Å²) in [5.74, 6) is 1.31. The fourth-order valence-electron chi connectivity index (χ4n) is 2.38. The van der Waals surface area contributed by atoms with E-state index in [2.05, 4.69) is 76.3 Å². The van der Waals surface area contributed by atoms with Crippen LogP contribution in [0, 0.1) is 5.92 Å². The summed E-state index contributed by atoms with van der Waals surface area (Å²) in [5.41, 5.74) is 2.37. The summed E-state index contributed by atoms with van der Waals surface area (Å²) in [6.07, 6.45) is 4.09. The molecule has 0 amide bonds. The molecule has 40 heavy (non-hydrogen) atoms. The molecule has 0 aliphatic heterocycles. The van der Waals surface area contributed by atoms with Crippen molar-refractivity contribution in [1.82, 2.24) is 0 Å². The fraction of sp³-hybridized carbons (Fsp3) is 0.548. The number of ether oxygens (including phenoxy) is 1. The average molecular weight is 680 g/mol. The third-order valence-electron chi connectivity index (χ3n) is 4.82. The minimum atomic E-state index is -0.832. The van der Waals surface area contributed by atoms with E-state index < -0.39 is 22.0 Å². The van der Waals surface area contributed by atoms with E-state index in [0.29, 0.717) is 25.7 Å². The number of hydrogen-bond donors (Lipinski definition) is 0. The molecule has 2 aromatic rings. The van der Waals surface area contributed by atoms with Crippen molar-refractivity contribution in [3.63, 3.8) is 0 Å². The van der Waals surface area contributed by atoms with E-state index in [1.54, 1.807) is 7.11 Å². The van der Waals surface area contributed by atoms with Gasteiger partial charge in [0.25, 0.3) is 0 Å². The summed E-state index contributed by atoms with van der Waals surface area (Å²) in [7, 11) is 8.21. The van der Waals surface area contributed by atoms with Crippen LogP contribution < -0.4 is 26.8 Å². The zero-order chi connectivity index (χ0) is 30.7. The second-order valence-corrected chi connectivity index (χ2v) is 10.5. The molecular formula is C31H54INO7. The van der Waals surface area contributed by atoms with Crippen molar-refractivity contribution in [2.45, 2.75) is 54.6 Å². The van der Waals surface area contributed by atoms with Crippen LogP contribution in [0.5, 0.6) is 5.75 Å². The van der Waals surface area contributed by atoms with Crippen molar-refractivity contribution in [3.05, 3.63) is 71.8 Å². The summed E-state index contributed by atoms with van der Waals surface area (Å²) in [5, 5.41) is 0. The molecule has 2 aromatic carbocycles. The van der Waals surface area contributed by atoms with Crippen molar-refractivity contribution >= 4 is 6.08 Å². The van der Waals surface area contributed by atoms with E-state index in [0.717, 1.165) is 15.8 Å². The van der Waals surface area contributed by atoms with Gasteiger partial charge in [-0.25, -0.2) is 9.78 Å². The van der Waals surface area contributed by atoms with Gasteiger partial charge in [0, 0.05) is 0 Å². The van der Waals surface area contributed by atoms with E-state index in [-0.39, 0.29) is 6.10 Å². The van der Waals surface area contributed by atoms with E-state index in [1.807, 2.05) is 76.2 Å². The Labute approximate surface area is 255 Å². The zero-order valence-corrected chi connectivity index (χ0v) is 28.7. The van der Waals surface area contributed by atoms with Gasteiger partial charge in [0.1, 0.15) is 11.9 Å². The van der Waals surface area contributed by atoms with Crippen molar-refractivity contribution in [2.75, 3.05) is 54.6 Å². The first kappa shape index (κ1) is 40.6. The van der Waals surface area contributed by atoms with Gasteiger partial charge in [-0.3, -0.25) is 0 Å². The zero-order valence-electron chi connectivity index (χ0n) is 26.5. The Morgan fingerprint density at radius 3 is 1.65 bits per heavy atom. The molecule has 0 aromatic heterocycles. The number of quaternary nitrogens is 1. The number of rotatable bonds is 14. The third-order valence-corrected chi connectivity index (χ3v) is 5.63. The minimum absolute atomic E-state index is 0.0242. The quantitative estimate of drug-likeness (QED) is 0.0949. The second kappa shape index (κ2) is 27.6. The molecule has 1 atom stereocenters. The SMILES string of the molecule is C/C=C/c1ccc(OC)cc1.CCOOC(c1ccccc1)C(C)C.CCOO[I-]OOCC.CC[N+](C)(C)C. The molecule has 0 bridgehead atoms. The van der Waals surface area contributed by atoms with Gasteiger partial charge in [0.15, 0.2) is 0 Å². The number of nitrogens with zero attached hydrogens (tertiary/aromatic N) is 1. The van der Waals surface area contributed by atoms with Gasteiger partial charge in [-0.1, -0.05) is 68.5 Å². The molecule has 0 saturated heterocycles. The first-order valence-electron chi connectivity index (χ1n) is 13.7. The summed E-state index contributed by atoms with van der Waals surface area (Å²) in [6.45, 7) is 16.9. The first-order chi connectivity index (χ1) is 19.1. The molecule has 2 rings (SSSR count). The van der Waals surface area contributed by atoms with Gasteiger partial charge in [0.05, 0.1) is 41.4 Å². The normalized spacial score (nSPS) is 11.6. The number of benzene rings is 2. The predicted molar refractivity (Wildman–Crippen MR) is 158 cm³/mol. The maximum atomic E-state index is 5.34. The number of allylic oxidation sites excluding steroid dienone is 1. The van der Waals surface area contributed by atoms with E-state index >= 15 is 0 Å². The maximum absolute atomic E-state index is 5.34. The largest absolute Gasteiger partial charge is 0.331 e. The van der Waals surface area contributed by atoms with Crippen molar-refractivity contribution in [3.8, 4) is 5.75 Å². The molecule has 0 spiro atoms. The predicted octanol–water partition coefficient (Wildman–Crippen LogP) is 4.63. The van der Waals surface area contributed by atoms with Crippen LogP contribution in [0.4, 0.5) is 0 Å². The standard InChI is InChI=1S/C12H18O2.C10H12O.C5H14N.C4H10IO4/c1-4-13-14-12(10(2)3)11-8-6-5-7-9-11;1-3-4-9-5-7-10(11-2)8-6-9;1-5-6(2,3)4;1-3-6-8-5-9-7-4-2/h5-10,12H,4H2,1-3H3;3-8H,1-2H3;5H2,1-4H3;3-4H2,1-2H3/q;;+1;-1/b;4-3+;;. The molecular weight excluding hydrogens is 625 g/mol. The topological polar surface area (TPSA) is 64.6 Å². The van der Waals surface area contributed by atoms with Crippen LogP contribution in [-0.2, 0) is 26.0 Å². The van der Waals surface area contributed by atoms with E-state index in [9.17, 15) is 0 Å². The van der Waals surface area contributed by atoms with Crippen LogP contribution in [0.3, 0.4) is 0 Å². The monoisotopic (exact) mass is 679 g/mol. The summed E-state index contributed by atoms with van der Waals surface area (Å²) in [6, 6.07) is 18.1. The van der Waals surface area contributed by atoms with Gasteiger partial charge in [0.2, 0.25) is 0 Å². The maximum Gasteiger partial charge on any atom is 0.0751 e. The van der Waals surface area contributed by atoms with Gasteiger partial charge < -0.3 is 9.22 Å². The number of hydrogen-bond acceptors (Lipinski definition) is 7. The van der Waals surface area contributed by atoms with Gasteiger partial charge in [-0.05, 0) is 49.9 Å². The fourth-order valence-corrected chi connectivity index (χ4v) is 3.16. The van der Waals surface area contributed by atoms with Crippen LogP contribution in [0.15, 0.2) is 60.7 Å². The smallest absolute Gasteiger partial charge is 0.0751 e.